The molecule has 1 fully saturated rings. The van der Waals surface area contributed by atoms with Crippen LogP contribution in [0.5, 0.6) is 5.75 Å². The van der Waals surface area contributed by atoms with E-state index in [1.165, 1.54) is 0 Å². The highest BCUT2D eigenvalue weighted by atomic mass is 32.1. The van der Waals surface area contributed by atoms with Crippen molar-refractivity contribution in [2.24, 2.45) is 5.92 Å². The number of benzene rings is 1. The van der Waals surface area contributed by atoms with E-state index in [0.29, 0.717) is 5.11 Å². The number of carbonyl (C=O) groups is 1. The van der Waals surface area contributed by atoms with Crippen LogP contribution in [0.3, 0.4) is 0 Å². The van der Waals surface area contributed by atoms with Gasteiger partial charge in [0.05, 0.1) is 6.04 Å². The van der Waals surface area contributed by atoms with Crippen molar-refractivity contribution >= 4 is 23.2 Å². The molecule has 1 aromatic rings. The van der Waals surface area contributed by atoms with Crippen molar-refractivity contribution in [1.82, 2.24) is 15.5 Å². The fraction of sp³-hybridized carbons (Fsp3) is 0.467. The Balaban J connectivity index is 2.15. The third-order valence-electron chi connectivity index (χ3n) is 4.10. The number of amides is 1. The van der Waals surface area contributed by atoms with E-state index in [1.807, 2.05) is 26.0 Å². The zero-order valence-electron chi connectivity index (χ0n) is 12.6. The molecule has 3 rings (SSSR count). The Morgan fingerprint density at radius 1 is 1.43 bits per heavy atom. The highest BCUT2D eigenvalue weighted by Gasteiger charge is 2.55. The Kier molecular flexibility index (Phi) is 3.09. The molecule has 112 valence electrons. The van der Waals surface area contributed by atoms with E-state index in [1.54, 1.807) is 19.0 Å². The van der Waals surface area contributed by atoms with Crippen molar-refractivity contribution in [3.05, 3.63) is 29.3 Å². The minimum Gasteiger partial charge on any atom is -0.467 e. The second-order valence-electron chi connectivity index (χ2n) is 6.04. The molecule has 0 radical (unpaired) electrons. The molecule has 2 heterocycles. The summed E-state index contributed by atoms with van der Waals surface area (Å²) in [4.78, 5) is 14.2. The summed E-state index contributed by atoms with van der Waals surface area (Å²) in [7, 11) is 3.51. The van der Waals surface area contributed by atoms with Crippen molar-refractivity contribution in [3.63, 3.8) is 0 Å². The molecule has 1 aromatic carbocycles. The lowest BCUT2D eigenvalue weighted by atomic mass is 9.79. The van der Waals surface area contributed by atoms with Gasteiger partial charge < -0.3 is 20.3 Å². The largest absolute Gasteiger partial charge is 0.467 e. The quantitative estimate of drug-likeness (QED) is 0.767. The molecule has 2 aliphatic rings. The first-order chi connectivity index (χ1) is 9.82. The summed E-state index contributed by atoms with van der Waals surface area (Å²) in [6.45, 7) is 3.90. The standard InChI is InChI=1S/C15H19N3O2S/c1-8-5-6-10-9(7-8)12-11(13(19)18(3)4)15(2,20-10)17-14(21)16-12/h5-7,11-12H,1-4H3,(H2,16,17,21)/t11-,12+,15-/m0/s1. The van der Waals surface area contributed by atoms with Crippen molar-refractivity contribution in [3.8, 4) is 5.75 Å². The fourth-order valence-corrected chi connectivity index (χ4v) is 3.45. The van der Waals surface area contributed by atoms with Crippen LogP contribution in [0.1, 0.15) is 24.1 Å². The highest BCUT2D eigenvalue weighted by molar-refractivity contribution is 7.80. The molecule has 0 saturated carbocycles. The van der Waals surface area contributed by atoms with E-state index in [-0.39, 0.29) is 17.9 Å². The molecular formula is C15H19N3O2S. The lowest BCUT2D eigenvalue weighted by Gasteiger charge is -2.51. The molecule has 2 N–H and O–H groups in total. The third-order valence-corrected chi connectivity index (χ3v) is 4.32. The Hall–Kier alpha value is -1.82. The average molecular weight is 305 g/mol. The Bertz CT molecular complexity index is 631. The number of ether oxygens (including phenoxy) is 1. The van der Waals surface area contributed by atoms with Gasteiger partial charge in [0.25, 0.3) is 0 Å². The van der Waals surface area contributed by atoms with E-state index >= 15 is 0 Å². The number of hydrogen-bond acceptors (Lipinski definition) is 3. The lowest BCUT2D eigenvalue weighted by molar-refractivity contribution is -0.146. The summed E-state index contributed by atoms with van der Waals surface area (Å²) in [6.07, 6.45) is 0. The van der Waals surface area contributed by atoms with Gasteiger partial charge in [-0.15, -0.1) is 0 Å². The summed E-state index contributed by atoms with van der Waals surface area (Å²) < 4.78 is 6.11. The first kappa shape index (κ1) is 14.1. The molecule has 0 spiro atoms. The summed E-state index contributed by atoms with van der Waals surface area (Å²) in [5, 5.41) is 6.86. The summed E-state index contributed by atoms with van der Waals surface area (Å²) in [5.74, 6) is 0.420. The Morgan fingerprint density at radius 3 is 2.81 bits per heavy atom. The van der Waals surface area contributed by atoms with E-state index in [9.17, 15) is 4.79 Å². The minimum absolute atomic E-state index is 0.0113. The molecule has 3 atom stereocenters. The monoisotopic (exact) mass is 305 g/mol. The predicted molar refractivity (Wildman–Crippen MR) is 84.0 cm³/mol. The maximum Gasteiger partial charge on any atom is 0.233 e. The number of aryl methyl sites for hydroxylation is 1. The molecule has 2 aliphatic heterocycles. The van der Waals surface area contributed by atoms with Gasteiger partial charge in [0.15, 0.2) is 10.8 Å². The summed E-state index contributed by atoms with van der Waals surface area (Å²) in [6, 6.07) is 5.83. The van der Waals surface area contributed by atoms with Crippen molar-refractivity contribution < 1.29 is 9.53 Å². The van der Waals surface area contributed by atoms with Gasteiger partial charge in [-0.25, -0.2) is 0 Å². The molecule has 0 aliphatic carbocycles. The van der Waals surface area contributed by atoms with E-state index < -0.39 is 5.72 Å². The molecule has 1 amide bonds. The summed E-state index contributed by atoms with van der Waals surface area (Å²) >= 11 is 5.27. The second kappa shape index (κ2) is 4.59. The molecule has 2 bridgehead atoms. The van der Waals surface area contributed by atoms with Gasteiger partial charge in [0.1, 0.15) is 11.7 Å². The summed E-state index contributed by atoms with van der Waals surface area (Å²) in [5.41, 5.74) is 1.27. The van der Waals surface area contributed by atoms with Crippen LogP contribution in [0.4, 0.5) is 0 Å². The van der Waals surface area contributed by atoms with Crippen molar-refractivity contribution in [2.45, 2.75) is 25.6 Å². The van der Waals surface area contributed by atoms with Gasteiger partial charge >= 0.3 is 0 Å². The van der Waals surface area contributed by atoms with Gasteiger partial charge in [0.2, 0.25) is 5.91 Å². The van der Waals surface area contributed by atoms with Crippen LogP contribution in [0.25, 0.3) is 0 Å². The third kappa shape index (κ3) is 2.14. The van der Waals surface area contributed by atoms with Crippen LogP contribution >= 0.6 is 12.2 Å². The fourth-order valence-electron chi connectivity index (χ4n) is 3.12. The smallest absolute Gasteiger partial charge is 0.233 e. The number of nitrogens with zero attached hydrogens (tertiary/aromatic N) is 1. The van der Waals surface area contributed by atoms with E-state index in [2.05, 4.69) is 16.7 Å². The zero-order valence-corrected chi connectivity index (χ0v) is 13.4. The zero-order chi connectivity index (χ0) is 15.4. The van der Waals surface area contributed by atoms with E-state index in [0.717, 1.165) is 16.9 Å². The van der Waals surface area contributed by atoms with Gasteiger partial charge in [-0.2, -0.15) is 0 Å². The SMILES string of the molecule is Cc1ccc2c(c1)[C@H]1NC(=S)N[C@@](C)(O2)[C@@H]1C(=O)N(C)C. The minimum atomic E-state index is -0.837. The van der Waals surface area contributed by atoms with Gasteiger partial charge in [-0.05, 0) is 32.1 Å². The van der Waals surface area contributed by atoms with Crippen LogP contribution in [0, 0.1) is 12.8 Å². The van der Waals surface area contributed by atoms with Gasteiger partial charge in [-0.3, -0.25) is 4.79 Å². The van der Waals surface area contributed by atoms with Gasteiger partial charge in [0, 0.05) is 19.7 Å². The van der Waals surface area contributed by atoms with Crippen LogP contribution in [-0.4, -0.2) is 35.7 Å². The lowest BCUT2D eigenvalue weighted by Crippen LogP contribution is -2.70. The van der Waals surface area contributed by atoms with E-state index in [4.69, 9.17) is 17.0 Å². The average Bonchev–Trinajstić information content (AvgIpc) is 2.37. The van der Waals surface area contributed by atoms with Crippen LogP contribution < -0.4 is 15.4 Å². The van der Waals surface area contributed by atoms with Crippen LogP contribution in [0.2, 0.25) is 0 Å². The number of hydrogen-bond donors (Lipinski definition) is 2. The number of nitrogens with one attached hydrogen (secondary N) is 2. The molecule has 6 heteroatoms. The molecular weight excluding hydrogens is 286 g/mol. The first-order valence-corrected chi connectivity index (χ1v) is 7.32. The molecule has 0 aromatic heterocycles. The molecule has 1 saturated heterocycles. The van der Waals surface area contributed by atoms with Crippen molar-refractivity contribution in [2.75, 3.05) is 14.1 Å². The topological polar surface area (TPSA) is 53.6 Å². The number of carbonyl (C=O) groups excluding carboxylic acids is 1. The Labute approximate surface area is 129 Å². The molecule has 5 nitrogen and oxygen atoms in total. The normalized spacial score (nSPS) is 29.6. The van der Waals surface area contributed by atoms with Gasteiger partial charge in [-0.1, -0.05) is 17.7 Å². The highest BCUT2D eigenvalue weighted by Crippen LogP contribution is 2.45. The first-order valence-electron chi connectivity index (χ1n) is 6.91. The van der Waals surface area contributed by atoms with Crippen LogP contribution in [-0.2, 0) is 4.79 Å². The second-order valence-corrected chi connectivity index (χ2v) is 6.45. The maximum absolute atomic E-state index is 12.6. The number of rotatable bonds is 1. The van der Waals surface area contributed by atoms with Crippen molar-refractivity contribution in [1.29, 1.82) is 0 Å². The Morgan fingerprint density at radius 2 is 2.14 bits per heavy atom. The number of fused-ring (bicyclic) bond motifs is 4. The number of thiocarbonyl (C=S) groups is 1. The van der Waals surface area contributed by atoms with Crippen LogP contribution in [0.15, 0.2) is 18.2 Å². The molecule has 21 heavy (non-hydrogen) atoms. The molecule has 0 unspecified atom stereocenters. The maximum atomic E-state index is 12.6. The predicted octanol–water partition coefficient (Wildman–Crippen LogP) is 1.33.